The second-order valence-corrected chi connectivity index (χ2v) is 6.33. The van der Waals surface area contributed by atoms with E-state index in [0.717, 1.165) is 50.0 Å². The molecule has 0 spiro atoms. The van der Waals surface area contributed by atoms with Gasteiger partial charge in [0.05, 0.1) is 19.0 Å². The monoisotopic (exact) mass is 338 g/mol. The second kappa shape index (κ2) is 7.16. The summed E-state index contributed by atoms with van der Waals surface area (Å²) in [7, 11) is 0. The van der Waals surface area contributed by atoms with Gasteiger partial charge < -0.3 is 9.30 Å². The standard InChI is InChI=1S/C18H22N6O/c1-14-20-18(22-21-14)16-4-2-15(3-5-16)17-12-23(10-11-25-17)8-9-24-7-6-19-13-24/h2-7,13,17H,8-12H2,1H3,(H,20,21,22). The summed E-state index contributed by atoms with van der Waals surface area (Å²) in [5.41, 5.74) is 2.21. The first kappa shape index (κ1) is 16.0. The van der Waals surface area contributed by atoms with Gasteiger partial charge in [0.15, 0.2) is 5.82 Å². The van der Waals surface area contributed by atoms with Crippen LogP contribution < -0.4 is 0 Å². The van der Waals surface area contributed by atoms with Crippen molar-refractivity contribution >= 4 is 0 Å². The number of nitrogens with one attached hydrogen (secondary N) is 1. The molecule has 0 saturated carbocycles. The lowest BCUT2D eigenvalue weighted by molar-refractivity contribution is -0.0308. The highest BCUT2D eigenvalue weighted by Crippen LogP contribution is 2.24. The minimum Gasteiger partial charge on any atom is -0.371 e. The number of hydrogen-bond acceptors (Lipinski definition) is 5. The highest BCUT2D eigenvalue weighted by atomic mass is 16.5. The Balaban J connectivity index is 1.39. The molecule has 1 aliphatic rings. The van der Waals surface area contributed by atoms with Crippen molar-refractivity contribution in [2.75, 3.05) is 26.2 Å². The van der Waals surface area contributed by atoms with Crippen LogP contribution in [-0.2, 0) is 11.3 Å². The molecule has 1 N–H and O–H groups in total. The number of aryl methyl sites for hydroxylation is 1. The molecule has 0 amide bonds. The van der Waals surface area contributed by atoms with Crippen LogP contribution in [0.1, 0.15) is 17.5 Å². The molecule has 0 aliphatic carbocycles. The molecule has 1 aromatic carbocycles. The van der Waals surface area contributed by atoms with Gasteiger partial charge >= 0.3 is 0 Å². The second-order valence-electron chi connectivity index (χ2n) is 6.33. The molecule has 0 bridgehead atoms. The van der Waals surface area contributed by atoms with E-state index in [-0.39, 0.29) is 6.10 Å². The van der Waals surface area contributed by atoms with Gasteiger partial charge in [-0.3, -0.25) is 10.00 Å². The molecular weight excluding hydrogens is 316 g/mol. The molecule has 3 aromatic rings. The third kappa shape index (κ3) is 3.78. The summed E-state index contributed by atoms with van der Waals surface area (Å²) in [5.74, 6) is 1.55. The van der Waals surface area contributed by atoms with Crippen molar-refractivity contribution in [3.8, 4) is 11.4 Å². The summed E-state index contributed by atoms with van der Waals surface area (Å²) in [4.78, 5) is 10.9. The quantitative estimate of drug-likeness (QED) is 0.771. The molecule has 2 aromatic heterocycles. The molecule has 1 fully saturated rings. The fourth-order valence-corrected chi connectivity index (χ4v) is 3.10. The molecule has 25 heavy (non-hydrogen) atoms. The first-order valence-electron chi connectivity index (χ1n) is 8.57. The molecule has 1 unspecified atom stereocenters. The predicted molar refractivity (Wildman–Crippen MR) is 93.9 cm³/mol. The van der Waals surface area contributed by atoms with E-state index >= 15 is 0 Å². The van der Waals surface area contributed by atoms with Crippen LogP contribution >= 0.6 is 0 Å². The summed E-state index contributed by atoms with van der Waals surface area (Å²) < 4.78 is 8.09. The van der Waals surface area contributed by atoms with E-state index < -0.39 is 0 Å². The fraction of sp³-hybridized carbons (Fsp3) is 0.389. The van der Waals surface area contributed by atoms with Crippen LogP contribution in [0.2, 0.25) is 0 Å². The maximum absolute atomic E-state index is 5.98. The molecule has 1 aliphatic heterocycles. The number of benzene rings is 1. The lowest BCUT2D eigenvalue weighted by Gasteiger charge is -2.33. The van der Waals surface area contributed by atoms with E-state index in [1.54, 1.807) is 0 Å². The van der Waals surface area contributed by atoms with Gasteiger partial charge in [-0.25, -0.2) is 9.97 Å². The van der Waals surface area contributed by atoms with E-state index in [0.29, 0.717) is 0 Å². The largest absolute Gasteiger partial charge is 0.371 e. The molecule has 7 nitrogen and oxygen atoms in total. The van der Waals surface area contributed by atoms with Crippen LogP contribution in [0.5, 0.6) is 0 Å². The van der Waals surface area contributed by atoms with Crippen molar-refractivity contribution in [2.45, 2.75) is 19.6 Å². The highest BCUT2D eigenvalue weighted by Gasteiger charge is 2.21. The van der Waals surface area contributed by atoms with Gasteiger partial charge in [0, 0.05) is 44.1 Å². The van der Waals surface area contributed by atoms with Crippen molar-refractivity contribution in [3.63, 3.8) is 0 Å². The molecule has 1 saturated heterocycles. The number of aromatic nitrogens is 5. The first-order chi connectivity index (χ1) is 12.3. The minimum atomic E-state index is 0.111. The van der Waals surface area contributed by atoms with E-state index in [2.05, 4.69) is 53.9 Å². The van der Waals surface area contributed by atoms with Crippen molar-refractivity contribution in [2.24, 2.45) is 0 Å². The zero-order valence-electron chi connectivity index (χ0n) is 14.3. The molecule has 7 heteroatoms. The van der Waals surface area contributed by atoms with Crippen LogP contribution in [0.3, 0.4) is 0 Å². The average Bonchev–Trinajstić information content (AvgIpc) is 3.32. The summed E-state index contributed by atoms with van der Waals surface area (Å²) >= 11 is 0. The van der Waals surface area contributed by atoms with Gasteiger partial charge in [-0.05, 0) is 12.5 Å². The summed E-state index contributed by atoms with van der Waals surface area (Å²) in [6, 6.07) is 8.35. The third-order valence-electron chi connectivity index (χ3n) is 4.52. The number of imidazole rings is 1. The Morgan fingerprint density at radius 2 is 2.12 bits per heavy atom. The summed E-state index contributed by atoms with van der Waals surface area (Å²) in [6.45, 7) is 6.50. The Morgan fingerprint density at radius 3 is 2.84 bits per heavy atom. The van der Waals surface area contributed by atoms with Crippen LogP contribution in [0, 0.1) is 6.92 Å². The Bertz CT molecular complexity index is 795. The summed E-state index contributed by atoms with van der Waals surface area (Å²) in [5, 5.41) is 7.08. The molecule has 0 radical (unpaired) electrons. The number of hydrogen-bond donors (Lipinski definition) is 1. The number of ether oxygens (including phenoxy) is 1. The number of H-pyrrole nitrogens is 1. The maximum atomic E-state index is 5.98. The SMILES string of the molecule is Cc1nc(-c2ccc(C3CN(CCn4ccnc4)CCO3)cc2)n[nH]1. The fourth-order valence-electron chi connectivity index (χ4n) is 3.10. The predicted octanol–water partition coefficient (Wildman–Crippen LogP) is 2.05. The van der Waals surface area contributed by atoms with Gasteiger partial charge in [0.2, 0.25) is 0 Å². The topological polar surface area (TPSA) is 71.9 Å². The third-order valence-corrected chi connectivity index (χ3v) is 4.52. The van der Waals surface area contributed by atoms with Gasteiger partial charge in [-0.2, -0.15) is 5.10 Å². The van der Waals surface area contributed by atoms with Gasteiger partial charge in [-0.15, -0.1) is 0 Å². The van der Waals surface area contributed by atoms with E-state index in [4.69, 9.17) is 4.74 Å². The van der Waals surface area contributed by atoms with E-state index in [1.165, 1.54) is 5.56 Å². The Morgan fingerprint density at radius 1 is 1.24 bits per heavy atom. The Labute approximate surface area is 146 Å². The number of nitrogens with zero attached hydrogens (tertiary/aromatic N) is 5. The van der Waals surface area contributed by atoms with Crippen LogP contribution in [0.4, 0.5) is 0 Å². The number of rotatable bonds is 5. The normalized spacial score (nSPS) is 18.5. The lowest BCUT2D eigenvalue weighted by Crippen LogP contribution is -2.39. The highest BCUT2D eigenvalue weighted by molar-refractivity contribution is 5.55. The zero-order chi connectivity index (χ0) is 17.1. The summed E-state index contributed by atoms with van der Waals surface area (Å²) in [6.07, 6.45) is 5.79. The van der Waals surface area contributed by atoms with Gasteiger partial charge in [0.25, 0.3) is 0 Å². The molecule has 4 rings (SSSR count). The van der Waals surface area contributed by atoms with Gasteiger partial charge in [-0.1, -0.05) is 24.3 Å². The van der Waals surface area contributed by atoms with Crippen molar-refractivity contribution in [1.82, 2.24) is 29.6 Å². The van der Waals surface area contributed by atoms with Crippen LogP contribution in [0.15, 0.2) is 43.0 Å². The number of aromatic amines is 1. The zero-order valence-corrected chi connectivity index (χ0v) is 14.3. The number of morpholine rings is 1. The van der Waals surface area contributed by atoms with E-state index in [9.17, 15) is 0 Å². The van der Waals surface area contributed by atoms with Crippen molar-refractivity contribution in [3.05, 3.63) is 54.4 Å². The first-order valence-corrected chi connectivity index (χ1v) is 8.57. The Hall–Kier alpha value is -2.51. The van der Waals surface area contributed by atoms with Gasteiger partial charge in [0.1, 0.15) is 5.82 Å². The smallest absolute Gasteiger partial charge is 0.181 e. The molecule has 1 atom stereocenters. The molecular formula is C18H22N6O. The van der Waals surface area contributed by atoms with Crippen molar-refractivity contribution in [1.29, 1.82) is 0 Å². The maximum Gasteiger partial charge on any atom is 0.181 e. The lowest BCUT2D eigenvalue weighted by atomic mass is 10.1. The minimum absolute atomic E-state index is 0.111. The van der Waals surface area contributed by atoms with E-state index in [1.807, 2.05) is 25.6 Å². The van der Waals surface area contributed by atoms with Crippen LogP contribution in [0.25, 0.3) is 11.4 Å². The average molecular weight is 338 g/mol. The van der Waals surface area contributed by atoms with Crippen molar-refractivity contribution < 1.29 is 4.74 Å². The van der Waals surface area contributed by atoms with Crippen LogP contribution in [-0.4, -0.2) is 55.9 Å². The Kier molecular flexibility index (Phi) is 4.58. The molecule has 3 heterocycles. The molecule has 130 valence electrons.